The van der Waals surface area contributed by atoms with Crippen molar-refractivity contribution in [3.8, 4) is 0 Å². The van der Waals surface area contributed by atoms with Crippen LogP contribution in [0.4, 0.5) is 0 Å². The summed E-state index contributed by atoms with van der Waals surface area (Å²) in [7, 11) is 0. The fraction of sp³-hybridized carbons (Fsp3) is 0.500. The molecule has 1 aromatic rings. The number of rotatable bonds is 3. The second-order valence-electron chi connectivity index (χ2n) is 5.26. The maximum absolute atomic E-state index is 12.3. The van der Waals surface area contributed by atoms with Crippen LogP contribution in [0.2, 0.25) is 0 Å². The highest BCUT2D eigenvalue weighted by Crippen LogP contribution is 2.17. The molecule has 1 fully saturated rings. The molecular formula is C14H20N4O3. The van der Waals surface area contributed by atoms with E-state index in [0.717, 1.165) is 5.69 Å². The number of likely N-dealkylation sites (tertiary alicyclic amines) is 1. The predicted octanol–water partition coefficient (Wildman–Crippen LogP) is -0.615. The number of pyridine rings is 1. The summed E-state index contributed by atoms with van der Waals surface area (Å²) in [6.45, 7) is 2.86. The average Bonchev–Trinajstić information content (AvgIpc) is 2.50. The van der Waals surface area contributed by atoms with Gasteiger partial charge in [-0.15, -0.1) is 0 Å². The normalized spacial score (nSPS) is 15.8. The standard InChI is InChI=1S/C14H20N4O3/c1-10-3-2-4-12(19)18(10)9-13(20)17-7-5-11(6-8-17)14(21)16-15/h2-4,11H,5-9,15H2,1H3,(H,16,21). The number of hydrogen-bond donors (Lipinski definition) is 2. The minimum absolute atomic E-state index is 0.0409. The first kappa shape index (κ1) is 15.2. The maximum atomic E-state index is 12.3. The van der Waals surface area contributed by atoms with Crippen molar-refractivity contribution < 1.29 is 9.59 Å². The van der Waals surface area contributed by atoms with E-state index in [0.29, 0.717) is 25.9 Å². The van der Waals surface area contributed by atoms with E-state index in [-0.39, 0.29) is 29.8 Å². The number of nitrogens with zero attached hydrogens (tertiary/aromatic N) is 2. The molecule has 0 bridgehead atoms. The molecule has 2 rings (SSSR count). The topological polar surface area (TPSA) is 97.4 Å². The van der Waals surface area contributed by atoms with Gasteiger partial charge in [-0.1, -0.05) is 6.07 Å². The highest BCUT2D eigenvalue weighted by Gasteiger charge is 2.27. The van der Waals surface area contributed by atoms with Crippen LogP contribution in [0.15, 0.2) is 23.0 Å². The van der Waals surface area contributed by atoms with E-state index < -0.39 is 0 Å². The van der Waals surface area contributed by atoms with Crippen molar-refractivity contribution in [1.82, 2.24) is 14.9 Å². The van der Waals surface area contributed by atoms with Crippen LogP contribution in [0.5, 0.6) is 0 Å². The Morgan fingerprint density at radius 1 is 1.33 bits per heavy atom. The summed E-state index contributed by atoms with van der Waals surface area (Å²) in [6, 6.07) is 4.92. The lowest BCUT2D eigenvalue weighted by molar-refractivity contribution is -0.136. The van der Waals surface area contributed by atoms with Crippen LogP contribution in [0.3, 0.4) is 0 Å². The third-order valence-electron chi connectivity index (χ3n) is 3.92. The monoisotopic (exact) mass is 292 g/mol. The van der Waals surface area contributed by atoms with Crippen LogP contribution >= 0.6 is 0 Å². The lowest BCUT2D eigenvalue weighted by Crippen LogP contribution is -2.46. The molecule has 2 heterocycles. The fourth-order valence-electron chi connectivity index (χ4n) is 2.57. The molecule has 1 aliphatic heterocycles. The molecule has 3 N–H and O–H groups in total. The Kier molecular flexibility index (Phi) is 4.74. The zero-order chi connectivity index (χ0) is 15.4. The van der Waals surface area contributed by atoms with Crippen LogP contribution in [0.1, 0.15) is 18.5 Å². The Bertz CT molecular complexity index is 588. The van der Waals surface area contributed by atoms with Crippen LogP contribution in [-0.4, -0.2) is 34.4 Å². The van der Waals surface area contributed by atoms with Gasteiger partial charge in [0.25, 0.3) is 5.56 Å². The number of piperidine rings is 1. The van der Waals surface area contributed by atoms with Crippen LogP contribution in [0.25, 0.3) is 0 Å². The lowest BCUT2D eigenvalue weighted by atomic mass is 9.96. The van der Waals surface area contributed by atoms with Gasteiger partial charge in [0.1, 0.15) is 6.54 Å². The Hall–Kier alpha value is -2.15. The number of carbonyl (C=O) groups is 2. The summed E-state index contributed by atoms with van der Waals surface area (Å²) >= 11 is 0. The van der Waals surface area contributed by atoms with Gasteiger partial charge in [0.15, 0.2) is 0 Å². The molecule has 1 saturated heterocycles. The first-order chi connectivity index (χ1) is 10.0. The summed E-state index contributed by atoms with van der Waals surface area (Å²) in [6.07, 6.45) is 1.19. The molecule has 0 aliphatic carbocycles. The molecule has 2 amide bonds. The number of aryl methyl sites for hydroxylation is 1. The van der Waals surface area contributed by atoms with Crippen molar-refractivity contribution in [1.29, 1.82) is 0 Å². The second kappa shape index (κ2) is 6.53. The first-order valence-electron chi connectivity index (χ1n) is 6.97. The summed E-state index contributed by atoms with van der Waals surface area (Å²) < 4.78 is 1.46. The molecule has 7 nitrogen and oxygen atoms in total. The highest BCUT2D eigenvalue weighted by atomic mass is 16.2. The van der Waals surface area contributed by atoms with E-state index >= 15 is 0 Å². The number of nitrogens with one attached hydrogen (secondary N) is 1. The molecule has 1 aromatic heterocycles. The number of amides is 2. The van der Waals surface area contributed by atoms with Crippen LogP contribution < -0.4 is 16.8 Å². The maximum Gasteiger partial charge on any atom is 0.251 e. The zero-order valence-corrected chi connectivity index (χ0v) is 12.0. The van der Waals surface area contributed by atoms with Gasteiger partial charge in [0.05, 0.1) is 0 Å². The highest BCUT2D eigenvalue weighted by molar-refractivity contribution is 5.79. The van der Waals surface area contributed by atoms with Crippen molar-refractivity contribution in [3.05, 3.63) is 34.2 Å². The van der Waals surface area contributed by atoms with E-state index in [9.17, 15) is 14.4 Å². The van der Waals surface area contributed by atoms with Crippen molar-refractivity contribution >= 4 is 11.8 Å². The van der Waals surface area contributed by atoms with Crippen LogP contribution in [-0.2, 0) is 16.1 Å². The van der Waals surface area contributed by atoms with Crippen molar-refractivity contribution in [3.63, 3.8) is 0 Å². The van der Waals surface area contributed by atoms with Crippen molar-refractivity contribution in [2.45, 2.75) is 26.3 Å². The van der Waals surface area contributed by atoms with Gasteiger partial charge in [0.2, 0.25) is 11.8 Å². The number of nitrogens with two attached hydrogens (primary N) is 1. The van der Waals surface area contributed by atoms with Gasteiger partial charge >= 0.3 is 0 Å². The Labute approximate surface area is 122 Å². The number of hydrogen-bond acceptors (Lipinski definition) is 4. The first-order valence-corrected chi connectivity index (χ1v) is 6.97. The Balaban J connectivity index is 1.97. The van der Waals surface area contributed by atoms with Crippen molar-refractivity contribution in [2.75, 3.05) is 13.1 Å². The minimum Gasteiger partial charge on any atom is -0.341 e. The Morgan fingerprint density at radius 3 is 2.57 bits per heavy atom. The molecule has 1 aliphatic rings. The molecule has 0 atom stereocenters. The third kappa shape index (κ3) is 3.49. The average molecular weight is 292 g/mol. The van der Waals surface area contributed by atoms with Gasteiger partial charge in [-0.25, -0.2) is 5.84 Å². The van der Waals surface area contributed by atoms with Gasteiger partial charge in [-0.05, 0) is 25.8 Å². The fourth-order valence-corrected chi connectivity index (χ4v) is 2.57. The molecule has 7 heteroatoms. The van der Waals surface area contributed by atoms with E-state index in [4.69, 9.17) is 5.84 Å². The summed E-state index contributed by atoms with van der Waals surface area (Å²) in [4.78, 5) is 37.2. The van der Waals surface area contributed by atoms with E-state index in [1.165, 1.54) is 10.6 Å². The van der Waals surface area contributed by atoms with Gasteiger partial charge < -0.3 is 9.47 Å². The molecule has 0 unspecified atom stereocenters. The molecule has 0 radical (unpaired) electrons. The molecule has 114 valence electrons. The smallest absolute Gasteiger partial charge is 0.251 e. The SMILES string of the molecule is Cc1cccc(=O)n1CC(=O)N1CCC(C(=O)NN)CC1. The van der Waals surface area contributed by atoms with Crippen molar-refractivity contribution in [2.24, 2.45) is 11.8 Å². The number of carbonyl (C=O) groups excluding carboxylic acids is 2. The molecule has 0 spiro atoms. The zero-order valence-electron chi connectivity index (χ0n) is 12.0. The molecular weight excluding hydrogens is 272 g/mol. The molecule has 0 saturated carbocycles. The second-order valence-corrected chi connectivity index (χ2v) is 5.26. The van der Waals surface area contributed by atoms with Crippen LogP contribution in [0, 0.1) is 12.8 Å². The predicted molar refractivity (Wildman–Crippen MR) is 77.1 cm³/mol. The lowest BCUT2D eigenvalue weighted by Gasteiger charge is -2.31. The Morgan fingerprint density at radius 2 is 2.00 bits per heavy atom. The molecule has 0 aromatic carbocycles. The van der Waals surface area contributed by atoms with E-state index in [1.807, 2.05) is 0 Å². The molecule has 21 heavy (non-hydrogen) atoms. The quantitative estimate of drug-likeness (QED) is 0.441. The minimum atomic E-state index is -0.183. The number of aromatic nitrogens is 1. The summed E-state index contributed by atoms with van der Waals surface area (Å²) in [5, 5.41) is 0. The van der Waals surface area contributed by atoms with Gasteiger partial charge in [0, 0.05) is 30.8 Å². The van der Waals surface area contributed by atoms with Gasteiger partial charge in [-0.2, -0.15) is 0 Å². The van der Waals surface area contributed by atoms with Gasteiger partial charge in [-0.3, -0.25) is 19.8 Å². The summed E-state index contributed by atoms with van der Waals surface area (Å²) in [5.74, 6) is 4.69. The number of hydrazine groups is 1. The largest absolute Gasteiger partial charge is 0.341 e. The third-order valence-corrected chi connectivity index (χ3v) is 3.92. The summed E-state index contributed by atoms with van der Waals surface area (Å²) in [5.41, 5.74) is 2.72. The van der Waals surface area contributed by atoms with E-state index in [1.54, 1.807) is 24.0 Å². The van der Waals surface area contributed by atoms with E-state index in [2.05, 4.69) is 5.43 Å².